The molecule has 0 aliphatic rings. The molecule has 3 N–H and O–H groups in total. The van der Waals surface area contributed by atoms with Gasteiger partial charge in [-0.05, 0) is 33.6 Å². The van der Waals surface area contributed by atoms with Crippen molar-refractivity contribution in [1.29, 1.82) is 0 Å². The summed E-state index contributed by atoms with van der Waals surface area (Å²) in [5.74, 6) is -0.848. The summed E-state index contributed by atoms with van der Waals surface area (Å²) >= 11 is 0. The Bertz CT molecular complexity index is 363. The minimum absolute atomic E-state index is 0.0655. The highest BCUT2D eigenvalue weighted by molar-refractivity contribution is 5.75. The molecule has 0 aromatic carbocycles. The zero-order valence-electron chi connectivity index (χ0n) is 13.7. The summed E-state index contributed by atoms with van der Waals surface area (Å²) in [4.78, 5) is 33.2. The molecule has 0 aliphatic carbocycles. The Morgan fingerprint density at radius 2 is 1.45 bits per heavy atom. The van der Waals surface area contributed by atoms with E-state index < -0.39 is 17.7 Å². The number of ether oxygens (including phenoxy) is 1. The lowest BCUT2D eigenvalue weighted by atomic mass is 10.1. The normalized spacial score (nSPS) is 10.9. The quantitative estimate of drug-likeness (QED) is 0.535. The molecule has 22 heavy (non-hydrogen) atoms. The molecule has 0 heterocycles. The maximum atomic E-state index is 11.5. The highest BCUT2D eigenvalue weighted by Gasteiger charge is 2.15. The van der Waals surface area contributed by atoms with Crippen LogP contribution < -0.4 is 10.6 Å². The molecule has 0 rings (SSSR count). The fraction of sp³-hybridized carbons (Fsp3) is 0.800. The molecule has 0 fully saturated rings. The first-order chi connectivity index (χ1) is 10.2. The molecule has 0 bridgehead atoms. The Hall–Kier alpha value is -1.79. The van der Waals surface area contributed by atoms with Gasteiger partial charge in [0, 0.05) is 25.9 Å². The Morgan fingerprint density at radius 1 is 0.909 bits per heavy atom. The van der Waals surface area contributed by atoms with E-state index in [2.05, 4.69) is 10.6 Å². The summed E-state index contributed by atoms with van der Waals surface area (Å²) in [6, 6.07) is 0. The van der Waals surface area contributed by atoms with E-state index in [-0.39, 0.29) is 12.3 Å². The average Bonchev–Trinajstić information content (AvgIpc) is 2.36. The summed E-state index contributed by atoms with van der Waals surface area (Å²) in [5, 5.41) is 13.7. The average molecular weight is 316 g/mol. The number of hydrogen-bond acceptors (Lipinski definition) is 4. The molecule has 7 nitrogen and oxygen atoms in total. The summed E-state index contributed by atoms with van der Waals surface area (Å²) in [6.07, 6.45) is 3.15. The Labute approximate surface area is 131 Å². The van der Waals surface area contributed by atoms with E-state index in [1.54, 1.807) is 20.8 Å². The van der Waals surface area contributed by atoms with Crippen LogP contribution in [0.4, 0.5) is 4.79 Å². The molecule has 0 saturated heterocycles. The molecule has 0 atom stereocenters. The maximum Gasteiger partial charge on any atom is 0.407 e. The topological polar surface area (TPSA) is 105 Å². The van der Waals surface area contributed by atoms with E-state index in [1.807, 2.05) is 0 Å². The number of nitrogens with one attached hydrogen (secondary N) is 2. The maximum absolute atomic E-state index is 11.5. The SMILES string of the molecule is CC(C)(C)OC(=O)NCCNC(=O)CCCCCCC(=O)O. The molecule has 0 saturated carbocycles. The van der Waals surface area contributed by atoms with Gasteiger partial charge in [0.05, 0.1) is 0 Å². The number of aliphatic carboxylic acids is 1. The van der Waals surface area contributed by atoms with Gasteiger partial charge in [-0.1, -0.05) is 12.8 Å². The van der Waals surface area contributed by atoms with Crippen molar-refractivity contribution in [2.45, 2.75) is 64.9 Å². The number of alkyl carbamates (subject to hydrolysis) is 1. The largest absolute Gasteiger partial charge is 0.481 e. The van der Waals surface area contributed by atoms with Crippen molar-refractivity contribution in [3.63, 3.8) is 0 Å². The van der Waals surface area contributed by atoms with Gasteiger partial charge in [-0.25, -0.2) is 4.79 Å². The molecular weight excluding hydrogens is 288 g/mol. The van der Waals surface area contributed by atoms with Crippen LogP contribution in [0, 0.1) is 0 Å². The van der Waals surface area contributed by atoms with E-state index >= 15 is 0 Å². The van der Waals surface area contributed by atoms with Crippen molar-refractivity contribution in [3.05, 3.63) is 0 Å². The van der Waals surface area contributed by atoms with Crippen LogP contribution in [0.15, 0.2) is 0 Å². The van der Waals surface area contributed by atoms with Gasteiger partial charge in [-0.15, -0.1) is 0 Å². The molecule has 0 aromatic heterocycles. The van der Waals surface area contributed by atoms with Gasteiger partial charge in [0.15, 0.2) is 0 Å². The highest BCUT2D eigenvalue weighted by Crippen LogP contribution is 2.06. The molecule has 0 radical (unpaired) electrons. The summed E-state index contributed by atoms with van der Waals surface area (Å²) in [7, 11) is 0. The van der Waals surface area contributed by atoms with Crippen LogP contribution in [0.5, 0.6) is 0 Å². The van der Waals surface area contributed by atoms with Crippen LogP contribution >= 0.6 is 0 Å². The number of hydrogen-bond donors (Lipinski definition) is 3. The molecule has 0 aliphatic heterocycles. The standard InChI is InChI=1S/C15H28N2O5/c1-15(2,3)22-14(21)17-11-10-16-12(18)8-6-4-5-7-9-13(19)20/h4-11H2,1-3H3,(H,16,18)(H,17,21)(H,19,20). The molecule has 0 spiro atoms. The minimum atomic E-state index is -0.782. The van der Waals surface area contributed by atoms with Crippen molar-refractivity contribution < 1.29 is 24.2 Å². The third-order valence-corrected chi connectivity index (χ3v) is 2.66. The Balaban J connectivity index is 3.47. The number of rotatable bonds is 10. The molecule has 128 valence electrons. The van der Waals surface area contributed by atoms with E-state index in [0.29, 0.717) is 25.9 Å². The summed E-state index contributed by atoms with van der Waals surface area (Å²) in [5.41, 5.74) is -0.534. The van der Waals surface area contributed by atoms with Gasteiger partial charge in [-0.2, -0.15) is 0 Å². The van der Waals surface area contributed by atoms with Gasteiger partial charge in [-0.3, -0.25) is 9.59 Å². The smallest absolute Gasteiger partial charge is 0.407 e. The van der Waals surface area contributed by atoms with Gasteiger partial charge in [0.2, 0.25) is 5.91 Å². The van der Waals surface area contributed by atoms with Gasteiger partial charge in [0.25, 0.3) is 0 Å². The number of carbonyl (C=O) groups is 3. The highest BCUT2D eigenvalue weighted by atomic mass is 16.6. The van der Waals surface area contributed by atoms with Crippen LogP contribution in [0.3, 0.4) is 0 Å². The fourth-order valence-electron chi connectivity index (χ4n) is 1.68. The van der Waals surface area contributed by atoms with Gasteiger partial charge < -0.3 is 20.5 Å². The number of carboxylic acids is 1. The summed E-state index contributed by atoms with van der Waals surface area (Å²) in [6.45, 7) is 6.02. The van der Waals surface area contributed by atoms with Crippen molar-refractivity contribution >= 4 is 18.0 Å². The van der Waals surface area contributed by atoms with Crippen molar-refractivity contribution in [3.8, 4) is 0 Å². The number of amides is 2. The van der Waals surface area contributed by atoms with Crippen LogP contribution in [0.1, 0.15) is 59.3 Å². The van der Waals surface area contributed by atoms with E-state index in [4.69, 9.17) is 9.84 Å². The number of carbonyl (C=O) groups excluding carboxylic acids is 2. The lowest BCUT2D eigenvalue weighted by molar-refractivity contribution is -0.137. The Morgan fingerprint density at radius 3 is 2.00 bits per heavy atom. The van der Waals surface area contributed by atoms with E-state index in [1.165, 1.54) is 0 Å². The van der Waals surface area contributed by atoms with Crippen LogP contribution in [0.25, 0.3) is 0 Å². The van der Waals surface area contributed by atoms with Crippen LogP contribution in [-0.4, -0.2) is 41.8 Å². The summed E-state index contributed by atoms with van der Waals surface area (Å²) < 4.78 is 5.06. The van der Waals surface area contributed by atoms with Gasteiger partial charge in [0.1, 0.15) is 5.60 Å². The lowest BCUT2D eigenvalue weighted by Crippen LogP contribution is -2.37. The molecule has 7 heteroatoms. The first-order valence-corrected chi connectivity index (χ1v) is 7.66. The van der Waals surface area contributed by atoms with Crippen LogP contribution in [0.2, 0.25) is 0 Å². The predicted molar refractivity (Wildman–Crippen MR) is 82.6 cm³/mol. The molecule has 2 amide bonds. The second kappa shape index (κ2) is 10.9. The number of carboxylic acid groups (broad SMARTS) is 1. The van der Waals surface area contributed by atoms with Crippen LogP contribution in [-0.2, 0) is 14.3 Å². The second-order valence-corrected chi connectivity index (χ2v) is 6.09. The van der Waals surface area contributed by atoms with Gasteiger partial charge >= 0.3 is 12.1 Å². The third-order valence-electron chi connectivity index (χ3n) is 2.66. The van der Waals surface area contributed by atoms with Crippen molar-refractivity contribution in [1.82, 2.24) is 10.6 Å². The lowest BCUT2D eigenvalue weighted by Gasteiger charge is -2.19. The first-order valence-electron chi connectivity index (χ1n) is 7.66. The second-order valence-electron chi connectivity index (χ2n) is 6.09. The zero-order valence-corrected chi connectivity index (χ0v) is 13.7. The molecule has 0 aromatic rings. The molecule has 0 unspecified atom stereocenters. The van der Waals surface area contributed by atoms with E-state index in [0.717, 1.165) is 19.3 Å². The third kappa shape index (κ3) is 14.6. The minimum Gasteiger partial charge on any atom is -0.481 e. The van der Waals surface area contributed by atoms with Crippen molar-refractivity contribution in [2.75, 3.05) is 13.1 Å². The fourth-order valence-corrected chi connectivity index (χ4v) is 1.68. The monoisotopic (exact) mass is 316 g/mol. The van der Waals surface area contributed by atoms with Crippen molar-refractivity contribution in [2.24, 2.45) is 0 Å². The predicted octanol–water partition coefficient (Wildman–Crippen LogP) is 2.05. The molecular formula is C15H28N2O5. The number of unbranched alkanes of at least 4 members (excludes halogenated alkanes) is 3. The van der Waals surface area contributed by atoms with E-state index in [9.17, 15) is 14.4 Å². The zero-order chi connectivity index (χ0) is 17.0. The Kier molecular flexibility index (Phi) is 9.98. The first kappa shape index (κ1) is 20.2.